The van der Waals surface area contributed by atoms with Gasteiger partial charge in [-0.25, -0.2) is 4.98 Å². The van der Waals surface area contributed by atoms with Gasteiger partial charge in [-0.1, -0.05) is 54.1 Å². The van der Waals surface area contributed by atoms with Crippen molar-refractivity contribution >= 4 is 33.8 Å². The van der Waals surface area contributed by atoms with E-state index in [-0.39, 0.29) is 11.9 Å². The van der Waals surface area contributed by atoms with Crippen LogP contribution >= 0.6 is 22.9 Å². The quantitative estimate of drug-likeness (QED) is 0.508. The maximum absolute atomic E-state index is 12.5. The second-order valence-electron chi connectivity index (χ2n) is 6.39. The molecule has 1 amide bonds. The number of halogens is 1. The van der Waals surface area contributed by atoms with Crippen molar-refractivity contribution in [2.24, 2.45) is 0 Å². The molecule has 0 fully saturated rings. The number of hydrogen-bond donors (Lipinski definition) is 1. The number of carbonyl (C=O) groups excluding carboxylic acids is 1. The van der Waals surface area contributed by atoms with Gasteiger partial charge in [0.15, 0.2) is 4.96 Å². The van der Waals surface area contributed by atoms with Crippen LogP contribution in [-0.4, -0.2) is 15.3 Å². The van der Waals surface area contributed by atoms with E-state index in [9.17, 15) is 4.79 Å². The molecule has 0 unspecified atom stereocenters. The molecule has 0 spiro atoms. The standard InChI is InChI=1S/C21H18ClN3OS/c1-14(15-7-9-17(22)10-8-15)23-20(26)11-18-13-27-21-24-19(12-25(18)21)16-5-3-2-4-6-16/h2-10,12-14H,11H2,1H3,(H,23,26)/t14-/m0/s1. The molecule has 4 aromatic rings. The number of amides is 1. The maximum Gasteiger partial charge on any atom is 0.226 e. The van der Waals surface area contributed by atoms with Crippen molar-refractivity contribution in [3.8, 4) is 11.3 Å². The zero-order chi connectivity index (χ0) is 18.8. The number of fused-ring (bicyclic) bond motifs is 1. The Morgan fingerprint density at radius 2 is 1.93 bits per heavy atom. The van der Waals surface area contributed by atoms with E-state index in [1.165, 1.54) is 0 Å². The van der Waals surface area contributed by atoms with Gasteiger partial charge in [0.05, 0.1) is 18.2 Å². The van der Waals surface area contributed by atoms with Gasteiger partial charge in [0.2, 0.25) is 5.91 Å². The van der Waals surface area contributed by atoms with Crippen LogP contribution in [0.3, 0.4) is 0 Å². The van der Waals surface area contributed by atoms with Crippen LogP contribution in [0, 0.1) is 0 Å². The van der Waals surface area contributed by atoms with E-state index >= 15 is 0 Å². The number of benzene rings is 2. The molecule has 6 heteroatoms. The molecule has 2 aromatic carbocycles. The molecule has 4 rings (SSSR count). The summed E-state index contributed by atoms with van der Waals surface area (Å²) in [7, 11) is 0. The summed E-state index contributed by atoms with van der Waals surface area (Å²) in [5.74, 6) is -0.0212. The summed E-state index contributed by atoms with van der Waals surface area (Å²) in [6.07, 6.45) is 2.30. The predicted octanol–water partition coefficient (Wildman–Crippen LogP) is 5.14. The number of thiazole rings is 1. The van der Waals surface area contributed by atoms with Crippen LogP contribution in [0.15, 0.2) is 66.2 Å². The molecule has 2 heterocycles. The van der Waals surface area contributed by atoms with Crippen LogP contribution in [0.4, 0.5) is 0 Å². The van der Waals surface area contributed by atoms with Gasteiger partial charge in [0, 0.05) is 27.9 Å². The normalized spacial score (nSPS) is 12.2. The average molecular weight is 396 g/mol. The van der Waals surface area contributed by atoms with Crippen LogP contribution in [-0.2, 0) is 11.2 Å². The Morgan fingerprint density at radius 1 is 1.19 bits per heavy atom. The first-order valence-electron chi connectivity index (χ1n) is 8.66. The molecule has 0 saturated heterocycles. The Balaban J connectivity index is 1.49. The van der Waals surface area contributed by atoms with Gasteiger partial charge in [0.1, 0.15) is 0 Å². The number of imidazole rings is 1. The summed E-state index contributed by atoms with van der Waals surface area (Å²) in [4.78, 5) is 18.1. The highest BCUT2D eigenvalue weighted by Gasteiger charge is 2.14. The largest absolute Gasteiger partial charge is 0.349 e. The van der Waals surface area contributed by atoms with Crippen LogP contribution in [0.5, 0.6) is 0 Å². The highest BCUT2D eigenvalue weighted by molar-refractivity contribution is 7.15. The lowest BCUT2D eigenvalue weighted by atomic mass is 10.1. The fraction of sp³-hybridized carbons (Fsp3) is 0.143. The Kier molecular flexibility index (Phi) is 4.97. The summed E-state index contributed by atoms with van der Waals surface area (Å²) < 4.78 is 2.00. The third-order valence-electron chi connectivity index (χ3n) is 4.44. The topological polar surface area (TPSA) is 46.4 Å². The molecule has 1 atom stereocenters. The van der Waals surface area contributed by atoms with Crippen LogP contribution in [0.2, 0.25) is 5.02 Å². The molecule has 1 N–H and O–H groups in total. The summed E-state index contributed by atoms with van der Waals surface area (Å²) in [5.41, 5.74) is 3.95. The second-order valence-corrected chi connectivity index (χ2v) is 7.66. The van der Waals surface area contributed by atoms with Gasteiger partial charge in [-0.2, -0.15) is 0 Å². The minimum atomic E-state index is -0.0773. The lowest BCUT2D eigenvalue weighted by Gasteiger charge is -2.14. The number of nitrogens with zero attached hydrogens (tertiary/aromatic N) is 2. The molecule has 4 nitrogen and oxygen atoms in total. The highest BCUT2D eigenvalue weighted by atomic mass is 35.5. The van der Waals surface area contributed by atoms with E-state index in [0.29, 0.717) is 11.4 Å². The lowest BCUT2D eigenvalue weighted by Crippen LogP contribution is -2.28. The fourth-order valence-electron chi connectivity index (χ4n) is 3.00. The molecular weight excluding hydrogens is 378 g/mol. The Morgan fingerprint density at radius 3 is 2.67 bits per heavy atom. The van der Waals surface area contributed by atoms with E-state index in [1.54, 1.807) is 11.3 Å². The Hall–Kier alpha value is -2.63. The number of carbonyl (C=O) groups is 1. The van der Waals surface area contributed by atoms with E-state index in [4.69, 9.17) is 11.6 Å². The van der Waals surface area contributed by atoms with E-state index < -0.39 is 0 Å². The SMILES string of the molecule is C[C@H](NC(=O)Cc1csc2nc(-c3ccccc3)cn12)c1ccc(Cl)cc1. The van der Waals surface area contributed by atoms with Crippen molar-refractivity contribution < 1.29 is 4.79 Å². The monoisotopic (exact) mass is 395 g/mol. The van der Waals surface area contributed by atoms with Crippen molar-refractivity contribution in [2.45, 2.75) is 19.4 Å². The molecule has 0 saturated carbocycles. The zero-order valence-electron chi connectivity index (χ0n) is 14.7. The van der Waals surface area contributed by atoms with E-state index in [1.807, 2.05) is 77.5 Å². The molecule has 2 aromatic heterocycles. The van der Waals surface area contributed by atoms with Crippen LogP contribution < -0.4 is 5.32 Å². The molecule has 0 radical (unpaired) electrons. The number of aromatic nitrogens is 2. The van der Waals surface area contributed by atoms with E-state index in [0.717, 1.165) is 27.5 Å². The number of hydrogen-bond acceptors (Lipinski definition) is 3. The van der Waals surface area contributed by atoms with Crippen molar-refractivity contribution in [2.75, 3.05) is 0 Å². The maximum atomic E-state index is 12.5. The van der Waals surface area contributed by atoms with Crippen LogP contribution in [0.1, 0.15) is 24.2 Å². The second kappa shape index (κ2) is 7.55. The summed E-state index contributed by atoms with van der Waals surface area (Å²) >= 11 is 7.47. The van der Waals surface area contributed by atoms with Crippen LogP contribution in [0.25, 0.3) is 16.2 Å². The lowest BCUT2D eigenvalue weighted by molar-refractivity contribution is -0.121. The molecule has 0 bridgehead atoms. The van der Waals surface area contributed by atoms with E-state index in [2.05, 4.69) is 10.3 Å². The molecule has 136 valence electrons. The first kappa shape index (κ1) is 17.8. The minimum Gasteiger partial charge on any atom is -0.349 e. The van der Waals surface area contributed by atoms with Gasteiger partial charge >= 0.3 is 0 Å². The summed E-state index contributed by atoms with van der Waals surface area (Å²) in [5, 5.41) is 5.72. The van der Waals surface area contributed by atoms with Gasteiger partial charge in [0.25, 0.3) is 0 Å². The van der Waals surface area contributed by atoms with Gasteiger partial charge < -0.3 is 5.32 Å². The summed E-state index contributed by atoms with van der Waals surface area (Å²) in [6, 6.07) is 17.5. The number of nitrogens with one attached hydrogen (secondary N) is 1. The third kappa shape index (κ3) is 3.89. The molecule has 0 aliphatic heterocycles. The Bertz CT molecular complexity index is 1070. The third-order valence-corrected chi connectivity index (χ3v) is 5.58. The van der Waals surface area contributed by atoms with Gasteiger partial charge in [-0.05, 0) is 24.6 Å². The Labute approximate surface area is 166 Å². The minimum absolute atomic E-state index is 0.0212. The smallest absolute Gasteiger partial charge is 0.226 e. The van der Waals surface area contributed by atoms with Crippen molar-refractivity contribution in [1.82, 2.24) is 14.7 Å². The molecule has 0 aliphatic rings. The van der Waals surface area contributed by atoms with Crippen molar-refractivity contribution in [3.05, 3.63) is 82.5 Å². The first-order valence-corrected chi connectivity index (χ1v) is 9.91. The fourth-order valence-corrected chi connectivity index (χ4v) is 4.00. The highest BCUT2D eigenvalue weighted by Crippen LogP contribution is 2.24. The summed E-state index contributed by atoms with van der Waals surface area (Å²) in [6.45, 7) is 1.97. The van der Waals surface area contributed by atoms with Crippen molar-refractivity contribution in [3.63, 3.8) is 0 Å². The van der Waals surface area contributed by atoms with Gasteiger partial charge in [-0.15, -0.1) is 11.3 Å². The number of rotatable bonds is 5. The first-order chi connectivity index (χ1) is 13.1. The zero-order valence-corrected chi connectivity index (χ0v) is 16.3. The molecule has 0 aliphatic carbocycles. The van der Waals surface area contributed by atoms with Gasteiger partial charge in [-0.3, -0.25) is 9.20 Å². The average Bonchev–Trinajstić information content (AvgIpc) is 3.25. The molecular formula is C21H18ClN3OS. The molecule has 27 heavy (non-hydrogen) atoms. The van der Waals surface area contributed by atoms with Crippen molar-refractivity contribution in [1.29, 1.82) is 0 Å². The predicted molar refractivity (Wildman–Crippen MR) is 110 cm³/mol.